The van der Waals surface area contributed by atoms with Gasteiger partial charge in [-0.15, -0.1) is 0 Å². The number of nitro groups is 1. The lowest BCUT2D eigenvalue weighted by atomic mass is 10.2. The van der Waals surface area contributed by atoms with E-state index in [1.165, 1.54) is 19.2 Å². The van der Waals surface area contributed by atoms with Crippen LogP contribution in [0.4, 0.5) is 17.1 Å². The minimum Gasteiger partial charge on any atom is -0.494 e. The second-order valence-electron chi connectivity index (χ2n) is 4.23. The van der Waals surface area contributed by atoms with Crippen LogP contribution < -0.4 is 15.4 Å². The fraction of sp³-hybridized carbons (Fsp3) is 0.0714. The zero-order chi connectivity index (χ0) is 16.1. The van der Waals surface area contributed by atoms with Crippen LogP contribution in [0.25, 0.3) is 0 Å². The van der Waals surface area contributed by atoms with Crippen LogP contribution >= 0.6 is 28.1 Å². The molecule has 0 aromatic heterocycles. The van der Waals surface area contributed by atoms with Gasteiger partial charge in [0, 0.05) is 16.2 Å². The highest BCUT2D eigenvalue weighted by Crippen LogP contribution is 2.29. The maximum absolute atomic E-state index is 10.8. The Bertz CT molecular complexity index is 707. The highest BCUT2D eigenvalue weighted by Gasteiger charge is 2.12. The van der Waals surface area contributed by atoms with Crippen molar-refractivity contribution in [2.24, 2.45) is 0 Å². The smallest absolute Gasteiger partial charge is 0.273 e. The van der Waals surface area contributed by atoms with Crippen molar-refractivity contribution in [3.63, 3.8) is 0 Å². The molecule has 8 heteroatoms. The van der Waals surface area contributed by atoms with Crippen LogP contribution in [0.15, 0.2) is 46.9 Å². The Hall–Kier alpha value is -2.19. The summed E-state index contributed by atoms with van der Waals surface area (Å²) in [6, 6.07) is 11.8. The van der Waals surface area contributed by atoms with Gasteiger partial charge in [-0.1, -0.05) is 15.9 Å². The number of hydrogen-bond donors (Lipinski definition) is 2. The normalized spacial score (nSPS) is 9.91. The monoisotopic (exact) mass is 381 g/mol. The Balaban J connectivity index is 2.10. The number of methoxy groups -OCH3 is 1. The first kappa shape index (κ1) is 16.2. The van der Waals surface area contributed by atoms with Crippen LogP contribution in [0.3, 0.4) is 0 Å². The van der Waals surface area contributed by atoms with Crippen molar-refractivity contribution in [2.45, 2.75) is 0 Å². The predicted octanol–water partition coefficient (Wildman–Crippen LogP) is 4.17. The van der Waals surface area contributed by atoms with Gasteiger partial charge in [-0.2, -0.15) is 0 Å². The van der Waals surface area contributed by atoms with Gasteiger partial charge in [-0.3, -0.25) is 10.1 Å². The second-order valence-corrected chi connectivity index (χ2v) is 5.55. The molecule has 0 aliphatic carbocycles. The summed E-state index contributed by atoms with van der Waals surface area (Å²) >= 11 is 8.57. The summed E-state index contributed by atoms with van der Waals surface area (Å²) in [5, 5.41) is 17.1. The van der Waals surface area contributed by atoms with E-state index in [-0.39, 0.29) is 5.69 Å². The van der Waals surface area contributed by atoms with E-state index in [2.05, 4.69) is 26.6 Å². The quantitative estimate of drug-likeness (QED) is 0.470. The van der Waals surface area contributed by atoms with Crippen LogP contribution in [0.5, 0.6) is 5.75 Å². The molecule has 2 rings (SSSR count). The number of anilines is 2. The largest absolute Gasteiger partial charge is 0.494 e. The van der Waals surface area contributed by atoms with E-state index in [9.17, 15) is 10.1 Å². The summed E-state index contributed by atoms with van der Waals surface area (Å²) in [7, 11) is 1.44. The van der Waals surface area contributed by atoms with Crippen molar-refractivity contribution >= 4 is 50.3 Å². The Kier molecular flexibility index (Phi) is 5.29. The fourth-order valence-electron chi connectivity index (χ4n) is 1.71. The van der Waals surface area contributed by atoms with E-state index in [1.807, 2.05) is 24.3 Å². The van der Waals surface area contributed by atoms with Crippen molar-refractivity contribution in [3.8, 4) is 5.75 Å². The second kappa shape index (κ2) is 7.19. The number of ether oxygens (including phenoxy) is 1. The molecule has 0 saturated heterocycles. The molecular weight excluding hydrogens is 370 g/mol. The first-order valence-corrected chi connectivity index (χ1v) is 7.35. The van der Waals surface area contributed by atoms with Crippen LogP contribution in [0.2, 0.25) is 0 Å². The Morgan fingerprint density at radius 1 is 1.23 bits per heavy atom. The number of nitrogens with one attached hydrogen (secondary N) is 2. The van der Waals surface area contributed by atoms with Gasteiger partial charge in [0.2, 0.25) is 0 Å². The number of hydrogen-bond acceptors (Lipinski definition) is 4. The summed E-state index contributed by atoms with van der Waals surface area (Å²) < 4.78 is 6.11. The summed E-state index contributed by atoms with van der Waals surface area (Å²) in [6.07, 6.45) is 0. The third kappa shape index (κ3) is 4.15. The zero-order valence-electron chi connectivity index (χ0n) is 11.5. The first-order valence-electron chi connectivity index (χ1n) is 6.15. The minimum atomic E-state index is -0.481. The molecule has 114 valence electrons. The molecule has 0 amide bonds. The molecule has 0 heterocycles. The standard InChI is InChI=1S/C14H12BrN3O3S/c1-21-13-8-11(18(19)20)6-7-12(13)17-14(22)16-10-4-2-9(15)3-5-10/h2-8H,1H3,(H2,16,17,22). The van der Waals surface area contributed by atoms with Gasteiger partial charge in [-0.05, 0) is 42.5 Å². The average Bonchev–Trinajstić information content (AvgIpc) is 2.49. The van der Waals surface area contributed by atoms with E-state index in [0.29, 0.717) is 16.5 Å². The summed E-state index contributed by atoms with van der Waals surface area (Å²) in [5.41, 5.74) is 1.32. The average molecular weight is 382 g/mol. The van der Waals surface area contributed by atoms with Gasteiger partial charge in [0.05, 0.1) is 23.8 Å². The van der Waals surface area contributed by atoms with Crippen molar-refractivity contribution in [1.29, 1.82) is 0 Å². The van der Waals surface area contributed by atoms with Gasteiger partial charge in [0.25, 0.3) is 5.69 Å². The highest BCUT2D eigenvalue weighted by atomic mass is 79.9. The molecule has 0 radical (unpaired) electrons. The number of nitrogens with zero attached hydrogens (tertiary/aromatic N) is 1. The molecule has 0 aliphatic heterocycles. The lowest BCUT2D eigenvalue weighted by Crippen LogP contribution is -2.19. The third-order valence-electron chi connectivity index (χ3n) is 2.75. The molecule has 0 fully saturated rings. The maximum Gasteiger partial charge on any atom is 0.273 e. The van der Waals surface area contributed by atoms with Crippen molar-refractivity contribution < 1.29 is 9.66 Å². The van der Waals surface area contributed by atoms with Gasteiger partial charge < -0.3 is 15.4 Å². The molecule has 0 bridgehead atoms. The predicted molar refractivity (Wildman–Crippen MR) is 93.6 cm³/mol. The summed E-state index contributed by atoms with van der Waals surface area (Å²) in [5.74, 6) is 0.342. The Morgan fingerprint density at radius 3 is 2.50 bits per heavy atom. The lowest BCUT2D eigenvalue weighted by molar-refractivity contribution is -0.384. The number of nitro benzene ring substituents is 1. The van der Waals surface area contributed by atoms with Crippen LogP contribution in [0, 0.1) is 10.1 Å². The summed E-state index contributed by atoms with van der Waals surface area (Å²) in [6.45, 7) is 0. The molecule has 6 nitrogen and oxygen atoms in total. The molecule has 0 unspecified atom stereocenters. The molecule has 0 atom stereocenters. The molecule has 22 heavy (non-hydrogen) atoms. The zero-order valence-corrected chi connectivity index (χ0v) is 13.9. The van der Waals surface area contributed by atoms with E-state index < -0.39 is 4.92 Å². The first-order chi connectivity index (χ1) is 10.5. The number of rotatable bonds is 4. The van der Waals surface area contributed by atoms with Gasteiger partial charge in [0.15, 0.2) is 5.11 Å². The topological polar surface area (TPSA) is 76.4 Å². The lowest BCUT2D eigenvalue weighted by Gasteiger charge is -2.13. The van der Waals surface area contributed by atoms with Gasteiger partial charge in [-0.25, -0.2) is 0 Å². The van der Waals surface area contributed by atoms with E-state index in [0.717, 1.165) is 10.2 Å². The van der Waals surface area contributed by atoms with Crippen molar-refractivity contribution in [3.05, 3.63) is 57.1 Å². The van der Waals surface area contributed by atoms with Crippen LogP contribution in [-0.2, 0) is 0 Å². The number of thiocarbonyl (C=S) groups is 1. The number of halogens is 1. The molecule has 2 aromatic rings. The SMILES string of the molecule is COc1cc([N+](=O)[O-])ccc1NC(=S)Nc1ccc(Br)cc1. The third-order valence-corrected chi connectivity index (χ3v) is 3.48. The van der Waals surface area contributed by atoms with Crippen molar-refractivity contribution in [1.82, 2.24) is 0 Å². The molecule has 0 saturated carbocycles. The molecule has 0 aliphatic rings. The Morgan fingerprint density at radius 2 is 1.91 bits per heavy atom. The van der Waals surface area contributed by atoms with Crippen molar-refractivity contribution in [2.75, 3.05) is 17.7 Å². The van der Waals surface area contributed by atoms with E-state index >= 15 is 0 Å². The molecule has 2 aromatic carbocycles. The summed E-state index contributed by atoms with van der Waals surface area (Å²) in [4.78, 5) is 10.3. The van der Waals surface area contributed by atoms with Gasteiger partial charge >= 0.3 is 0 Å². The van der Waals surface area contributed by atoms with E-state index in [4.69, 9.17) is 17.0 Å². The molecule has 0 spiro atoms. The van der Waals surface area contributed by atoms with E-state index in [1.54, 1.807) is 6.07 Å². The number of non-ortho nitro benzene ring substituents is 1. The Labute approximate surface area is 140 Å². The number of benzene rings is 2. The van der Waals surface area contributed by atoms with Crippen LogP contribution in [0.1, 0.15) is 0 Å². The minimum absolute atomic E-state index is 0.0470. The molecular formula is C14H12BrN3O3S. The fourth-order valence-corrected chi connectivity index (χ4v) is 2.21. The van der Waals surface area contributed by atoms with Crippen LogP contribution in [-0.4, -0.2) is 17.1 Å². The highest BCUT2D eigenvalue weighted by molar-refractivity contribution is 9.10. The van der Waals surface area contributed by atoms with Gasteiger partial charge in [0.1, 0.15) is 5.75 Å². The molecule has 2 N–H and O–H groups in total. The maximum atomic E-state index is 10.8.